The van der Waals surface area contributed by atoms with Crippen LogP contribution in [0.4, 0.5) is 0 Å². The number of pyridine rings is 1. The molecule has 2 fully saturated rings. The first-order valence-corrected chi connectivity index (χ1v) is 10.2. The molecule has 4 rings (SSSR count). The molecule has 28 heavy (non-hydrogen) atoms. The number of carbonyl (C=O) groups is 1. The van der Waals surface area contributed by atoms with E-state index in [9.17, 15) is 4.79 Å². The van der Waals surface area contributed by atoms with Gasteiger partial charge in [0.2, 0.25) is 17.6 Å². The van der Waals surface area contributed by atoms with Crippen molar-refractivity contribution in [3.8, 4) is 11.4 Å². The van der Waals surface area contributed by atoms with Gasteiger partial charge in [0.15, 0.2) is 0 Å². The third-order valence-corrected chi connectivity index (χ3v) is 6.60. The molecular weight excluding hydrogens is 354 g/mol. The van der Waals surface area contributed by atoms with Crippen LogP contribution in [0.15, 0.2) is 29.0 Å². The number of fused-ring (bicyclic) bond motifs is 1. The number of aryl methyl sites for hydroxylation is 1. The van der Waals surface area contributed by atoms with Gasteiger partial charge in [0.25, 0.3) is 0 Å². The lowest BCUT2D eigenvalue weighted by molar-refractivity contribution is -0.132. The second-order valence-corrected chi connectivity index (χ2v) is 8.49. The predicted molar refractivity (Wildman–Crippen MR) is 105 cm³/mol. The van der Waals surface area contributed by atoms with Crippen LogP contribution in [0, 0.1) is 11.8 Å². The van der Waals surface area contributed by atoms with Gasteiger partial charge in [-0.05, 0) is 63.7 Å². The number of nitrogens with zero attached hydrogens (tertiary/aromatic N) is 5. The highest BCUT2D eigenvalue weighted by Crippen LogP contribution is 2.46. The summed E-state index contributed by atoms with van der Waals surface area (Å²) in [5, 5.41) is 4.00. The van der Waals surface area contributed by atoms with Gasteiger partial charge in [0.05, 0.1) is 0 Å². The van der Waals surface area contributed by atoms with E-state index >= 15 is 0 Å². The van der Waals surface area contributed by atoms with E-state index in [1.807, 2.05) is 24.1 Å². The standard InChI is InChI=1S/C21H29N5O2/c1-25(2)17-10-15-12-18(13-16(15)11-17)26(3)20(27)5-4-19-23-21(24-28-19)14-6-8-22-9-7-14/h6-9,15-18H,4-5,10-13H2,1-3H3/t15-,16+,17?,18?. The maximum absolute atomic E-state index is 12.7. The third kappa shape index (κ3) is 3.94. The largest absolute Gasteiger partial charge is 0.343 e. The van der Waals surface area contributed by atoms with E-state index in [0.717, 1.165) is 30.2 Å². The van der Waals surface area contributed by atoms with E-state index < -0.39 is 0 Å². The van der Waals surface area contributed by atoms with Crippen LogP contribution in [0.1, 0.15) is 38.0 Å². The number of carbonyl (C=O) groups excluding carboxylic acids is 1. The molecule has 1 amide bonds. The predicted octanol–water partition coefficient (Wildman–Crippen LogP) is 2.64. The first-order chi connectivity index (χ1) is 13.5. The number of aromatic nitrogens is 3. The van der Waals surface area contributed by atoms with Crippen molar-refractivity contribution in [1.29, 1.82) is 0 Å². The van der Waals surface area contributed by atoms with Gasteiger partial charge in [0, 0.05) is 49.9 Å². The van der Waals surface area contributed by atoms with Crippen LogP contribution in [0.5, 0.6) is 0 Å². The Bertz CT molecular complexity index is 792. The SMILES string of the molecule is CN(C)C1C[C@@H]2CC(N(C)C(=O)CCc3nc(-c4ccncc4)no3)C[C@@H]2C1. The van der Waals surface area contributed by atoms with Crippen molar-refractivity contribution in [1.82, 2.24) is 24.9 Å². The summed E-state index contributed by atoms with van der Waals surface area (Å²) in [7, 11) is 6.31. The van der Waals surface area contributed by atoms with E-state index in [-0.39, 0.29) is 5.91 Å². The molecule has 2 unspecified atom stereocenters. The van der Waals surface area contributed by atoms with Gasteiger partial charge in [-0.15, -0.1) is 0 Å². The topological polar surface area (TPSA) is 75.4 Å². The van der Waals surface area contributed by atoms with Crippen LogP contribution in [0.3, 0.4) is 0 Å². The smallest absolute Gasteiger partial charge is 0.227 e. The van der Waals surface area contributed by atoms with Gasteiger partial charge < -0.3 is 14.3 Å². The molecule has 2 heterocycles. The number of hydrogen-bond acceptors (Lipinski definition) is 6. The van der Waals surface area contributed by atoms with E-state index in [1.54, 1.807) is 12.4 Å². The molecule has 0 spiro atoms. The molecule has 2 aliphatic rings. The molecule has 7 nitrogen and oxygen atoms in total. The third-order valence-electron chi connectivity index (χ3n) is 6.60. The summed E-state index contributed by atoms with van der Waals surface area (Å²) in [6, 6.07) is 4.77. The van der Waals surface area contributed by atoms with E-state index in [1.165, 1.54) is 12.8 Å². The second-order valence-electron chi connectivity index (χ2n) is 8.49. The fraction of sp³-hybridized carbons (Fsp3) is 0.619. The summed E-state index contributed by atoms with van der Waals surface area (Å²) in [4.78, 5) is 25.4. The Labute approximate surface area is 166 Å². The van der Waals surface area contributed by atoms with Crippen LogP contribution in [0.25, 0.3) is 11.4 Å². The molecule has 2 aromatic rings. The second kappa shape index (κ2) is 7.99. The number of rotatable bonds is 6. The zero-order valence-corrected chi connectivity index (χ0v) is 16.9. The Balaban J connectivity index is 1.27. The van der Waals surface area contributed by atoms with Crippen LogP contribution in [-0.4, -0.2) is 64.1 Å². The van der Waals surface area contributed by atoms with Crippen molar-refractivity contribution < 1.29 is 9.32 Å². The summed E-state index contributed by atoms with van der Waals surface area (Å²) in [5.41, 5.74) is 0.863. The molecule has 2 aliphatic carbocycles. The van der Waals surface area contributed by atoms with E-state index in [0.29, 0.717) is 36.6 Å². The molecule has 0 aromatic carbocycles. The lowest BCUT2D eigenvalue weighted by atomic mass is 10.0. The Morgan fingerprint density at radius 1 is 1.07 bits per heavy atom. The van der Waals surface area contributed by atoms with Crippen LogP contribution in [-0.2, 0) is 11.2 Å². The molecule has 4 atom stereocenters. The van der Waals surface area contributed by atoms with Crippen molar-refractivity contribution >= 4 is 5.91 Å². The van der Waals surface area contributed by atoms with Crippen molar-refractivity contribution in [3.05, 3.63) is 30.4 Å². The number of amides is 1. The summed E-state index contributed by atoms with van der Waals surface area (Å²) in [6.45, 7) is 0. The summed E-state index contributed by atoms with van der Waals surface area (Å²) in [5.74, 6) is 2.75. The van der Waals surface area contributed by atoms with Crippen molar-refractivity contribution in [2.75, 3.05) is 21.1 Å². The minimum absolute atomic E-state index is 0.165. The minimum Gasteiger partial charge on any atom is -0.343 e. The van der Waals surface area contributed by atoms with Crippen molar-refractivity contribution in [2.24, 2.45) is 11.8 Å². The van der Waals surface area contributed by atoms with Crippen LogP contribution >= 0.6 is 0 Å². The molecule has 2 aromatic heterocycles. The van der Waals surface area contributed by atoms with Gasteiger partial charge in [-0.2, -0.15) is 4.98 Å². The van der Waals surface area contributed by atoms with Gasteiger partial charge in [-0.1, -0.05) is 5.16 Å². The highest BCUT2D eigenvalue weighted by Gasteiger charge is 2.43. The normalized spacial score (nSPS) is 26.6. The quantitative estimate of drug-likeness (QED) is 0.763. The van der Waals surface area contributed by atoms with Gasteiger partial charge in [-0.3, -0.25) is 9.78 Å². The van der Waals surface area contributed by atoms with Gasteiger partial charge >= 0.3 is 0 Å². The fourth-order valence-electron chi connectivity index (χ4n) is 4.86. The molecule has 0 bridgehead atoms. The number of hydrogen-bond donors (Lipinski definition) is 0. The van der Waals surface area contributed by atoms with Crippen molar-refractivity contribution in [3.63, 3.8) is 0 Å². The Morgan fingerprint density at radius 3 is 2.36 bits per heavy atom. The fourth-order valence-corrected chi connectivity index (χ4v) is 4.86. The van der Waals surface area contributed by atoms with Crippen LogP contribution in [0.2, 0.25) is 0 Å². The molecule has 150 valence electrons. The molecule has 0 aliphatic heterocycles. The van der Waals surface area contributed by atoms with Gasteiger partial charge in [-0.25, -0.2) is 0 Å². The Morgan fingerprint density at radius 2 is 1.71 bits per heavy atom. The molecule has 0 radical (unpaired) electrons. The van der Waals surface area contributed by atoms with Crippen LogP contribution < -0.4 is 0 Å². The average Bonchev–Trinajstić information content (AvgIpc) is 3.40. The lowest BCUT2D eigenvalue weighted by Crippen LogP contribution is -2.36. The van der Waals surface area contributed by atoms with Gasteiger partial charge in [0.1, 0.15) is 0 Å². The monoisotopic (exact) mass is 383 g/mol. The molecule has 2 saturated carbocycles. The van der Waals surface area contributed by atoms with Crippen molar-refractivity contribution in [2.45, 2.75) is 50.6 Å². The molecule has 7 heteroatoms. The molecule has 0 N–H and O–H groups in total. The average molecular weight is 383 g/mol. The molecule has 0 saturated heterocycles. The maximum Gasteiger partial charge on any atom is 0.227 e. The Hall–Kier alpha value is -2.28. The maximum atomic E-state index is 12.7. The first kappa shape index (κ1) is 19.1. The highest BCUT2D eigenvalue weighted by molar-refractivity contribution is 5.76. The lowest BCUT2D eigenvalue weighted by Gasteiger charge is -2.27. The summed E-state index contributed by atoms with van der Waals surface area (Å²) in [6.07, 6.45) is 9.10. The Kier molecular flexibility index (Phi) is 5.44. The highest BCUT2D eigenvalue weighted by atomic mass is 16.5. The van der Waals surface area contributed by atoms with E-state index in [4.69, 9.17) is 4.52 Å². The van der Waals surface area contributed by atoms with E-state index in [2.05, 4.69) is 34.1 Å². The zero-order valence-electron chi connectivity index (χ0n) is 16.9. The zero-order chi connectivity index (χ0) is 19.7. The minimum atomic E-state index is 0.165. The molecular formula is C21H29N5O2. The summed E-state index contributed by atoms with van der Waals surface area (Å²) >= 11 is 0. The summed E-state index contributed by atoms with van der Waals surface area (Å²) < 4.78 is 5.31. The first-order valence-electron chi connectivity index (χ1n) is 10.2.